The van der Waals surface area contributed by atoms with Gasteiger partial charge < -0.3 is 19.7 Å². The molecule has 1 aliphatic rings. The van der Waals surface area contributed by atoms with Crippen LogP contribution in [0.2, 0.25) is 0 Å². The third kappa shape index (κ3) is 1.93. The van der Waals surface area contributed by atoms with E-state index >= 15 is 0 Å². The number of carboxylic acid groups (broad SMARTS) is 1. The number of rotatable bonds is 5. The summed E-state index contributed by atoms with van der Waals surface area (Å²) in [5.74, 6) is -6.81. The number of hydrogen-bond donors (Lipinski definition) is 2. The Morgan fingerprint density at radius 3 is 2.38 bits per heavy atom. The Kier molecular flexibility index (Phi) is 3.61. The highest BCUT2D eigenvalue weighted by atomic mass is 19.3. The van der Waals surface area contributed by atoms with Crippen molar-refractivity contribution < 1.29 is 33.3 Å². The molecule has 1 atom stereocenters. The summed E-state index contributed by atoms with van der Waals surface area (Å²) < 4.78 is 36.2. The Balaban J connectivity index is 3.03. The molecule has 0 aromatic heterocycles. The topological polar surface area (TPSA) is 76.0 Å². The smallest absolute Gasteiger partial charge is 0.378 e. The molecule has 0 aromatic rings. The number of carboxylic acids is 1. The fourth-order valence-electron chi connectivity index (χ4n) is 1.41. The fourth-order valence-corrected chi connectivity index (χ4v) is 1.41. The largest absolute Gasteiger partial charge is 0.477 e. The molecule has 7 heteroatoms. The van der Waals surface area contributed by atoms with Gasteiger partial charge in [0.15, 0.2) is 11.9 Å². The molecular formula is C9H12F2O5. The van der Waals surface area contributed by atoms with Crippen molar-refractivity contribution in [3.05, 3.63) is 12.7 Å². The number of alkyl halides is 2. The summed E-state index contributed by atoms with van der Waals surface area (Å²) in [5.41, 5.74) is -2.95. The van der Waals surface area contributed by atoms with E-state index < -0.39 is 30.2 Å². The molecule has 16 heavy (non-hydrogen) atoms. The lowest BCUT2D eigenvalue weighted by Crippen LogP contribution is -2.60. The number of ether oxygens (including phenoxy) is 2. The van der Waals surface area contributed by atoms with Crippen molar-refractivity contribution in [2.24, 2.45) is 0 Å². The lowest BCUT2D eigenvalue weighted by molar-refractivity contribution is -0.272. The van der Waals surface area contributed by atoms with Crippen LogP contribution in [0.3, 0.4) is 0 Å². The molecule has 1 fully saturated rings. The van der Waals surface area contributed by atoms with Gasteiger partial charge in [-0.05, 0) is 0 Å². The molecule has 5 nitrogen and oxygen atoms in total. The van der Waals surface area contributed by atoms with Gasteiger partial charge in [-0.15, -0.1) is 6.58 Å². The van der Waals surface area contributed by atoms with Crippen molar-refractivity contribution in [2.45, 2.75) is 24.2 Å². The van der Waals surface area contributed by atoms with Gasteiger partial charge in [-0.1, -0.05) is 6.08 Å². The maximum atomic E-state index is 13.4. The quantitative estimate of drug-likeness (QED) is 0.677. The number of halogens is 2. The molecule has 1 rings (SSSR count). The monoisotopic (exact) mass is 238 g/mol. The molecule has 1 saturated heterocycles. The first-order valence-corrected chi connectivity index (χ1v) is 4.54. The van der Waals surface area contributed by atoms with Gasteiger partial charge in [0.05, 0.1) is 13.2 Å². The molecule has 0 aliphatic carbocycles. The van der Waals surface area contributed by atoms with E-state index in [2.05, 4.69) is 6.58 Å². The van der Waals surface area contributed by atoms with Crippen LogP contribution in [0, 0.1) is 0 Å². The molecule has 1 aliphatic heterocycles. The van der Waals surface area contributed by atoms with Gasteiger partial charge in [0.1, 0.15) is 0 Å². The minimum Gasteiger partial charge on any atom is -0.477 e. The second-order valence-electron chi connectivity index (χ2n) is 3.37. The van der Waals surface area contributed by atoms with Crippen molar-refractivity contribution in [1.29, 1.82) is 0 Å². The zero-order valence-electron chi connectivity index (χ0n) is 8.36. The summed E-state index contributed by atoms with van der Waals surface area (Å²) in [4.78, 5) is 10.4. The van der Waals surface area contributed by atoms with E-state index in [1.807, 2.05) is 0 Å². The van der Waals surface area contributed by atoms with Crippen LogP contribution >= 0.6 is 0 Å². The van der Waals surface area contributed by atoms with Crippen molar-refractivity contribution >= 4 is 5.97 Å². The van der Waals surface area contributed by atoms with Crippen LogP contribution < -0.4 is 0 Å². The Hall–Kier alpha value is -1.05. The molecule has 0 aromatic carbocycles. The van der Waals surface area contributed by atoms with Crippen LogP contribution in [0.25, 0.3) is 0 Å². The van der Waals surface area contributed by atoms with Gasteiger partial charge in [-0.2, -0.15) is 8.78 Å². The molecule has 1 heterocycles. The Bertz CT molecular complexity index is 288. The zero-order chi connectivity index (χ0) is 12.4. The normalized spacial score (nSPS) is 21.7. The van der Waals surface area contributed by atoms with E-state index in [0.29, 0.717) is 0 Å². The second kappa shape index (κ2) is 4.44. The van der Waals surface area contributed by atoms with Crippen LogP contribution in [0.15, 0.2) is 12.7 Å². The molecular weight excluding hydrogens is 226 g/mol. The Morgan fingerprint density at radius 1 is 1.50 bits per heavy atom. The average molecular weight is 238 g/mol. The van der Waals surface area contributed by atoms with E-state index in [1.165, 1.54) is 0 Å². The summed E-state index contributed by atoms with van der Waals surface area (Å²) in [6.45, 7) is 3.25. The van der Waals surface area contributed by atoms with Gasteiger partial charge in [0.25, 0.3) is 0 Å². The van der Waals surface area contributed by atoms with Crippen LogP contribution in [-0.4, -0.2) is 47.2 Å². The standard InChI is InChI=1S/C9H12F2O5/c1-2-3-8(14,7-15-4-5-16-7)9(10,11)6(12)13/h2,7,14H,1,3-5H2,(H,12,13). The van der Waals surface area contributed by atoms with Gasteiger partial charge in [-0.3, -0.25) is 0 Å². The van der Waals surface area contributed by atoms with E-state index in [-0.39, 0.29) is 13.2 Å². The third-order valence-electron chi connectivity index (χ3n) is 2.28. The highest BCUT2D eigenvalue weighted by Crippen LogP contribution is 2.38. The van der Waals surface area contributed by atoms with Crippen molar-refractivity contribution in [1.82, 2.24) is 0 Å². The van der Waals surface area contributed by atoms with Gasteiger partial charge in [-0.25, -0.2) is 4.79 Å². The number of hydrogen-bond acceptors (Lipinski definition) is 4. The Labute approximate surface area is 90.3 Å². The fraction of sp³-hybridized carbons (Fsp3) is 0.667. The average Bonchev–Trinajstić information content (AvgIpc) is 2.70. The van der Waals surface area contributed by atoms with E-state index in [4.69, 9.17) is 14.6 Å². The number of aliphatic carboxylic acids is 1. The third-order valence-corrected chi connectivity index (χ3v) is 2.28. The van der Waals surface area contributed by atoms with Gasteiger partial charge >= 0.3 is 11.9 Å². The molecule has 0 amide bonds. The molecule has 0 radical (unpaired) electrons. The molecule has 92 valence electrons. The first-order chi connectivity index (χ1) is 7.36. The van der Waals surface area contributed by atoms with Crippen LogP contribution in [-0.2, 0) is 14.3 Å². The molecule has 1 unspecified atom stereocenters. The first-order valence-electron chi connectivity index (χ1n) is 4.54. The number of aliphatic hydroxyl groups is 1. The Morgan fingerprint density at radius 2 is 2.00 bits per heavy atom. The predicted octanol–water partition coefficient (Wildman–Crippen LogP) is 0.386. The SMILES string of the molecule is C=CCC(O)(C1OCCO1)C(F)(F)C(=O)O. The van der Waals surface area contributed by atoms with Crippen LogP contribution in [0.5, 0.6) is 0 Å². The van der Waals surface area contributed by atoms with Gasteiger partial charge in [0, 0.05) is 6.42 Å². The summed E-state index contributed by atoms with van der Waals surface area (Å²) in [6, 6.07) is 0. The molecule has 0 spiro atoms. The first kappa shape index (κ1) is 13.0. The maximum Gasteiger partial charge on any atom is 0.378 e. The summed E-state index contributed by atoms with van der Waals surface area (Å²) in [6.07, 6.45) is -1.34. The highest BCUT2D eigenvalue weighted by molar-refractivity contribution is 5.77. The van der Waals surface area contributed by atoms with E-state index in [1.54, 1.807) is 0 Å². The number of carbonyl (C=O) groups is 1. The predicted molar refractivity (Wildman–Crippen MR) is 48.0 cm³/mol. The van der Waals surface area contributed by atoms with Gasteiger partial charge in [0.2, 0.25) is 0 Å². The van der Waals surface area contributed by atoms with E-state index in [9.17, 15) is 18.7 Å². The minimum absolute atomic E-state index is 0.0276. The summed E-state index contributed by atoms with van der Waals surface area (Å²) in [7, 11) is 0. The molecule has 0 bridgehead atoms. The maximum absolute atomic E-state index is 13.4. The van der Waals surface area contributed by atoms with Crippen LogP contribution in [0.1, 0.15) is 6.42 Å². The molecule has 2 N–H and O–H groups in total. The summed E-state index contributed by atoms with van der Waals surface area (Å²) >= 11 is 0. The lowest BCUT2D eigenvalue weighted by Gasteiger charge is -2.35. The van der Waals surface area contributed by atoms with Crippen molar-refractivity contribution in [3.63, 3.8) is 0 Å². The van der Waals surface area contributed by atoms with Crippen LogP contribution in [0.4, 0.5) is 8.78 Å². The highest BCUT2D eigenvalue weighted by Gasteiger charge is 2.64. The second-order valence-corrected chi connectivity index (χ2v) is 3.37. The zero-order valence-corrected chi connectivity index (χ0v) is 8.36. The molecule has 0 saturated carbocycles. The van der Waals surface area contributed by atoms with E-state index in [0.717, 1.165) is 6.08 Å². The lowest BCUT2D eigenvalue weighted by atomic mass is 9.90. The van der Waals surface area contributed by atoms with Crippen molar-refractivity contribution in [2.75, 3.05) is 13.2 Å². The summed E-state index contributed by atoms with van der Waals surface area (Å²) in [5, 5.41) is 18.2. The minimum atomic E-state index is -4.38. The van der Waals surface area contributed by atoms with Crippen molar-refractivity contribution in [3.8, 4) is 0 Å².